The van der Waals surface area contributed by atoms with E-state index in [9.17, 15) is 8.42 Å². The Labute approximate surface area is 107 Å². The predicted octanol–water partition coefficient (Wildman–Crippen LogP) is 0.0538. The van der Waals surface area contributed by atoms with Crippen LogP contribution >= 0.6 is 0 Å². The van der Waals surface area contributed by atoms with Crippen molar-refractivity contribution in [3.63, 3.8) is 0 Å². The number of pyridine rings is 1. The molecule has 7 heteroatoms. The van der Waals surface area contributed by atoms with Crippen LogP contribution in [-0.2, 0) is 10.0 Å². The van der Waals surface area contributed by atoms with Crippen molar-refractivity contribution >= 4 is 21.5 Å². The second-order valence-corrected chi connectivity index (χ2v) is 6.50. The summed E-state index contributed by atoms with van der Waals surface area (Å²) in [5.74, 6) is 0.753. The predicted molar refractivity (Wildman–Crippen MR) is 72.0 cm³/mol. The number of sulfonamides is 1. The largest absolute Gasteiger partial charge is 0.396 e. The molecule has 0 spiro atoms. The van der Waals surface area contributed by atoms with E-state index in [1.807, 2.05) is 17.9 Å². The summed E-state index contributed by atoms with van der Waals surface area (Å²) in [6.45, 7) is 4.14. The van der Waals surface area contributed by atoms with Crippen molar-refractivity contribution in [2.45, 2.75) is 6.92 Å². The van der Waals surface area contributed by atoms with Crippen molar-refractivity contribution in [1.29, 1.82) is 0 Å². The monoisotopic (exact) mass is 270 g/mol. The quantitative estimate of drug-likeness (QED) is 0.821. The molecule has 2 heterocycles. The fraction of sp³-hybridized carbons (Fsp3) is 0.545. The second-order valence-electron chi connectivity index (χ2n) is 4.51. The molecule has 18 heavy (non-hydrogen) atoms. The summed E-state index contributed by atoms with van der Waals surface area (Å²) in [5.41, 5.74) is 7.66. The van der Waals surface area contributed by atoms with E-state index in [4.69, 9.17) is 5.73 Å². The standard InChI is InChI=1S/C11H18N4O2S/c1-9-3-4-13-11(10(9)12)14-5-7-15(8-6-14)18(2,16)17/h3-4H,5-8,12H2,1-2H3. The van der Waals surface area contributed by atoms with Crippen LogP contribution in [0.2, 0.25) is 0 Å². The molecule has 0 atom stereocenters. The van der Waals surface area contributed by atoms with Crippen molar-refractivity contribution < 1.29 is 8.42 Å². The lowest BCUT2D eigenvalue weighted by atomic mass is 10.2. The van der Waals surface area contributed by atoms with Gasteiger partial charge in [-0.25, -0.2) is 13.4 Å². The Morgan fingerprint density at radius 1 is 1.28 bits per heavy atom. The first-order chi connectivity index (χ1) is 8.39. The highest BCUT2D eigenvalue weighted by Gasteiger charge is 2.25. The van der Waals surface area contributed by atoms with Gasteiger partial charge in [0.25, 0.3) is 0 Å². The minimum atomic E-state index is -3.09. The molecule has 0 aromatic carbocycles. The van der Waals surface area contributed by atoms with Crippen molar-refractivity contribution in [2.24, 2.45) is 0 Å². The van der Waals surface area contributed by atoms with Gasteiger partial charge in [0.2, 0.25) is 10.0 Å². The molecule has 0 amide bonds. The topological polar surface area (TPSA) is 79.5 Å². The normalized spacial score (nSPS) is 18.0. The molecular weight excluding hydrogens is 252 g/mol. The lowest BCUT2D eigenvalue weighted by molar-refractivity contribution is 0.387. The maximum absolute atomic E-state index is 11.4. The molecule has 0 unspecified atom stereocenters. The minimum absolute atomic E-state index is 0.480. The molecule has 1 aliphatic rings. The third-order valence-corrected chi connectivity index (χ3v) is 4.50. The number of hydrogen-bond donors (Lipinski definition) is 1. The fourth-order valence-electron chi connectivity index (χ4n) is 2.04. The van der Waals surface area contributed by atoms with Gasteiger partial charge in [-0.3, -0.25) is 0 Å². The van der Waals surface area contributed by atoms with Gasteiger partial charge in [0, 0.05) is 32.4 Å². The first kappa shape index (κ1) is 13.1. The number of aryl methyl sites for hydroxylation is 1. The van der Waals surface area contributed by atoms with Crippen LogP contribution in [0.5, 0.6) is 0 Å². The molecule has 1 aromatic heterocycles. The van der Waals surface area contributed by atoms with Gasteiger partial charge in [0.1, 0.15) is 0 Å². The maximum Gasteiger partial charge on any atom is 0.211 e. The summed E-state index contributed by atoms with van der Waals surface area (Å²) >= 11 is 0. The van der Waals surface area contributed by atoms with Gasteiger partial charge in [-0.15, -0.1) is 0 Å². The number of nitrogens with zero attached hydrogens (tertiary/aromatic N) is 3. The summed E-state index contributed by atoms with van der Waals surface area (Å²) in [6, 6.07) is 1.87. The zero-order chi connectivity index (χ0) is 13.3. The summed E-state index contributed by atoms with van der Waals surface area (Å²) < 4.78 is 24.3. The van der Waals surface area contributed by atoms with Gasteiger partial charge in [-0.05, 0) is 18.6 Å². The smallest absolute Gasteiger partial charge is 0.211 e. The highest BCUT2D eigenvalue weighted by molar-refractivity contribution is 7.88. The molecule has 0 aliphatic carbocycles. The van der Waals surface area contributed by atoms with Gasteiger partial charge in [-0.1, -0.05) is 0 Å². The zero-order valence-electron chi connectivity index (χ0n) is 10.6. The van der Waals surface area contributed by atoms with Crippen LogP contribution in [0.1, 0.15) is 5.56 Å². The third-order valence-electron chi connectivity index (χ3n) is 3.19. The van der Waals surface area contributed by atoms with Crippen LogP contribution in [0.15, 0.2) is 12.3 Å². The first-order valence-corrected chi connectivity index (χ1v) is 7.65. The fourth-order valence-corrected chi connectivity index (χ4v) is 2.87. The number of nitrogen functional groups attached to an aromatic ring is 1. The Morgan fingerprint density at radius 3 is 2.44 bits per heavy atom. The minimum Gasteiger partial charge on any atom is -0.396 e. The molecule has 100 valence electrons. The Morgan fingerprint density at radius 2 is 1.89 bits per heavy atom. The first-order valence-electron chi connectivity index (χ1n) is 5.81. The van der Waals surface area contributed by atoms with Crippen LogP contribution in [0, 0.1) is 6.92 Å². The maximum atomic E-state index is 11.4. The highest BCUT2D eigenvalue weighted by atomic mass is 32.2. The number of nitrogens with two attached hydrogens (primary N) is 1. The summed E-state index contributed by atoms with van der Waals surface area (Å²) in [6.07, 6.45) is 2.96. The van der Waals surface area contributed by atoms with Crippen LogP contribution in [0.25, 0.3) is 0 Å². The Kier molecular flexibility index (Phi) is 3.45. The number of anilines is 2. The Balaban J connectivity index is 2.13. The average molecular weight is 270 g/mol. The van der Waals surface area contributed by atoms with Gasteiger partial charge in [0.05, 0.1) is 11.9 Å². The van der Waals surface area contributed by atoms with Crippen LogP contribution < -0.4 is 10.6 Å². The lowest BCUT2D eigenvalue weighted by Gasteiger charge is -2.34. The van der Waals surface area contributed by atoms with E-state index in [1.54, 1.807) is 6.20 Å². The number of piperazine rings is 1. The lowest BCUT2D eigenvalue weighted by Crippen LogP contribution is -2.48. The molecule has 0 saturated carbocycles. The zero-order valence-corrected chi connectivity index (χ0v) is 11.4. The molecule has 2 N–H and O–H groups in total. The van der Waals surface area contributed by atoms with Crippen molar-refractivity contribution in [2.75, 3.05) is 43.1 Å². The molecule has 1 aromatic rings. The van der Waals surface area contributed by atoms with Gasteiger partial charge >= 0.3 is 0 Å². The molecule has 1 fully saturated rings. The van der Waals surface area contributed by atoms with Crippen LogP contribution in [0.3, 0.4) is 0 Å². The van der Waals surface area contributed by atoms with Crippen molar-refractivity contribution in [1.82, 2.24) is 9.29 Å². The van der Waals surface area contributed by atoms with E-state index in [0.29, 0.717) is 31.9 Å². The second kappa shape index (κ2) is 4.74. The summed E-state index contributed by atoms with van der Waals surface area (Å²) in [4.78, 5) is 6.31. The molecule has 1 aliphatic heterocycles. The third kappa shape index (κ3) is 2.56. The van der Waals surface area contributed by atoms with Crippen molar-refractivity contribution in [3.8, 4) is 0 Å². The molecule has 0 bridgehead atoms. The van der Waals surface area contributed by atoms with Gasteiger partial charge < -0.3 is 10.6 Å². The van der Waals surface area contributed by atoms with E-state index < -0.39 is 10.0 Å². The van der Waals surface area contributed by atoms with E-state index in [0.717, 1.165) is 11.4 Å². The molecule has 6 nitrogen and oxygen atoms in total. The Bertz CT molecular complexity index is 536. The number of rotatable bonds is 2. The number of hydrogen-bond acceptors (Lipinski definition) is 5. The summed E-state index contributed by atoms with van der Waals surface area (Å²) in [5, 5.41) is 0. The van der Waals surface area contributed by atoms with Gasteiger partial charge in [-0.2, -0.15) is 4.31 Å². The van der Waals surface area contributed by atoms with E-state index >= 15 is 0 Å². The van der Waals surface area contributed by atoms with Crippen molar-refractivity contribution in [3.05, 3.63) is 17.8 Å². The highest BCUT2D eigenvalue weighted by Crippen LogP contribution is 2.24. The SMILES string of the molecule is Cc1ccnc(N2CCN(S(C)(=O)=O)CC2)c1N. The Hall–Kier alpha value is -1.34. The average Bonchev–Trinajstić information content (AvgIpc) is 2.32. The summed E-state index contributed by atoms with van der Waals surface area (Å²) in [7, 11) is -3.09. The van der Waals surface area contributed by atoms with E-state index in [-0.39, 0.29) is 0 Å². The number of aromatic nitrogens is 1. The van der Waals surface area contributed by atoms with E-state index in [2.05, 4.69) is 4.98 Å². The van der Waals surface area contributed by atoms with Gasteiger partial charge in [0.15, 0.2) is 5.82 Å². The molecule has 1 saturated heterocycles. The van der Waals surface area contributed by atoms with E-state index in [1.165, 1.54) is 10.6 Å². The molecule has 2 rings (SSSR count). The molecular formula is C11H18N4O2S. The van der Waals surface area contributed by atoms with Crippen LogP contribution in [-0.4, -0.2) is 50.1 Å². The molecule has 0 radical (unpaired) electrons. The van der Waals surface area contributed by atoms with Crippen LogP contribution in [0.4, 0.5) is 11.5 Å².